The van der Waals surface area contributed by atoms with Crippen molar-refractivity contribution < 1.29 is 19.1 Å². The smallest absolute Gasteiger partial charge is 0.257 e. The molecule has 2 aromatic carbocycles. The minimum absolute atomic E-state index is 0.139. The van der Waals surface area contributed by atoms with Crippen LogP contribution in [0.1, 0.15) is 44.9 Å². The molecule has 0 radical (unpaired) electrons. The van der Waals surface area contributed by atoms with Crippen LogP contribution in [0.5, 0.6) is 11.5 Å². The standard InChI is InChI=1S/C26H28ClN3O4/c1-16-13-20(17(2)30(16)19-9-7-18(27)8-10-19)25(31)28-22-15-24(34-4)23(33-3)14-21(22)26(32)29-11-5-6-12-29/h7-10,13-15H,5-6,11-12H2,1-4H3,(H,28,31). The highest BCUT2D eigenvalue weighted by atomic mass is 35.5. The van der Waals surface area contributed by atoms with Crippen LogP contribution in [0.3, 0.4) is 0 Å². The van der Waals surface area contributed by atoms with Crippen LogP contribution in [0.15, 0.2) is 42.5 Å². The Morgan fingerprint density at radius 2 is 1.53 bits per heavy atom. The number of nitrogens with zero attached hydrogens (tertiary/aromatic N) is 2. The highest BCUT2D eigenvalue weighted by Crippen LogP contribution is 2.35. The first kappa shape index (κ1) is 23.7. The van der Waals surface area contributed by atoms with Gasteiger partial charge in [-0.3, -0.25) is 9.59 Å². The molecule has 1 N–H and O–H groups in total. The molecule has 1 aromatic heterocycles. The summed E-state index contributed by atoms with van der Waals surface area (Å²) in [5, 5.41) is 3.59. The van der Waals surface area contributed by atoms with Gasteiger partial charge < -0.3 is 24.3 Å². The number of carbonyl (C=O) groups is 2. The molecule has 3 aromatic rings. The van der Waals surface area contributed by atoms with Crippen LogP contribution in [0.25, 0.3) is 5.69 Å². The Hall–Kier alpha value is -3.45. The highest BCUT2D eigenvalue weighted by molar-refractivity contribution is 6.30. The van der Waals surface area contributed by atoms with Crippen molar-refractivity contribution >= 4 is 29.1 Å². The first-order valence-corrected chi connectivity index (χ1v) is 11.5. The lowest BCUT2D eigenvalue weighted by Crippen LogP contribution is -2.29. The average Bonchev–Trinajstić information content (AvgIpc) is 3.47. The number of hydrogen-bond donors (Lipinski definition) is 1. The molecule has 34 heavy (non-hydrogen) atoms. The molecular formula is C26H28ClN3O4. The van der Waals surface area contributed by atoms with E-state index in [0.717, 1.165) is 29.9 Å². The van der Waals surface area contributed by atoms with E-state index >= 15 is 0 Å². The van der Waals surface area contributed by atoms with Crippen LogP contribution in [-0.2, 0) is 0 Å². The largest absolute Gasteiger partial charge is 0.493 e. The fourth-order valence-electron chi connectivity index (χ4n) is 4.42. The van der Waals surface area contributed by atoms with E-state index in [-0.39, 0.29) is 11.8 Å². The minimum atomic E-state index is -0.309. The molecule has 7 nitrogen and oxygen atoms in total. The van der Waals surface area contributed by atoms with Gasteiger partial charge in [0.2, 0.25) is 0 Å². The quantitative estimate of drug-likeness (QED) is 0.521. The van der Waals surface area contributed by atoms with Crippen LogP contribution in [0.4, 0.5) is 5.69 Å². The lowest BCUT2D eigenvalue weighted by Gasteiger charge is -2.20. The number of aryl methyl sites for hydroxylation is 1. The lowest BCUT2D eigenvalue weighted by atomic mass is 10.1. The summed E-state index contributed by atoms with van der Waals surface area (Å²) in [5.41, 5.74) is 3.88. The summed E-state index contributed by atoms with van der Waals surface area (Å²) >= 11 is 6.03. The van der Waals surface area contributed by atoms with Crippen molar-refractivity contribution in [2.24, 2.45) is 0 Å². The zero-order chi connectivity index (χ0) is 24.4. The summed E-state index contributed by atoms with van der Waals surface area (Å²) in [5.74, 6) is 0.419. The van der Waals surface area contributed by atoms with Crippen molar-refractivity contribution in [2.75, 3.05) is 32.6 Å². The monoisotopic (exact) mass is 481 g/mol. The number of carbonyl (C=O) groups excluding carboxylic acids is 2. The molecule has 178 valence electrons. The maximum absolute atomic E-state index is 13.4. The number of rotatable bonds is 6. The SMILES string of the molecule is COc1cc(NC(=O)c2cc(C)n(-c3ccc(Cl)cc3)c2C)c(C(=O)N2CCCC2)cc1OC. The molecule has 0 unspecified atom stereocenters. The maximum Gasteiger partial charge on any atom is 0.257 e. The van der Waals surface area contributed by atoms with E-state index in [1.165, 1.54) is 14.2 Å². The molecule has 0 spiro atoms. The van der Waals surface area contributed by atoms with E-state index < -0.39 is 0 Å². The normalized spacial score (nSPS) is 13.1. The molecule has 0 aliphatic carbocycles. The van der Waals surface area contributed by atoms with E-state index in [9.17, 15) is 9.59 Å². The Morgan fingerprint density at radius 1 is 0.912 bits per heavy atom. The second kappa shape index (κ2) is 9.81. The van der Waals surface area contributed by atoms with Crippen molar-refractivity contribution in [3.63, 3.8) is 0 Å². The van der Waals surface area contributed by atoms with Gasteiger partial charge >= 0.3 is 0 Å². The number of hydrogen-bond acceptors (Lipinski definition) is 4. The second-order valence-electron chi connectivity index (χ2n) is 8.30. The number of anilines is 1. The topological polar surface area (TPSA) is 72.8 Å². The van der Waals surface area contributed by atoms with Gasteiger partial charge in [-0.15, -0.1) is 0 Å². The van der Waals surface area contributed by atoms with Crippen LogP contribution in [0.2, 0.25) is 5.02 Å². The maximum atomic E-state index is 13.4. The third-order valence-electron chi connectivity index (χ3n) is 6.16. The molecule has 1 saturated heterocycles. The van der Waals surface area contributed by atoms with Crippen molar-refractivity contribution in [3.8, 4) is 17.2 Å². The minimum Gasteiger partial charge on any atom is -0.493 e. The number of methoxy groups -OCH3 is 2. The number of amides is 2. The van der Waals surface area contributed by atoms with Crippen molar-refractivity contribution in [1.82, 2.24) is 9.47 Å². The predicted octanol–water partition coefficient (Wildman–Crippen LogP) is 5.25. The molecule has 0 saturated carbocycles. The molecule has 8 heteroatoms. The summed E-state index contributed by atoms with van der Waals surface area (Å²) in [6, 6.07) is 12.5. The van der Waals surface area contributed by atoms with Crippen molar-refractivity contribution in [1.29, 1.82) is 0 Å². The van der Waals surface area contributed by atoms with Crippen LogP contribution in [-0.4, -0.2) is 48.6 Å². The molecule has 0 atom stereocenters. The van der Waals surface area contributed by atoms with Gasteiger partial charge in [0.1, 0.15) is 0 Å². The highest BCUT2D eigenvalue weighted by Gasteiger charge is 2.26. The average molecular weight is 482 g/mol. The van der Waals surface area contributed by atoms with E-state index in [2.05, 4.69) is 5.32 Å². The first-order valence-electron chi connectivity index (χ1n) is 11.2. The molecule has 0 bridgehead atoms. The van der Waals surface area contributed by atoms with E-state index in [1.807, 2.05) is 48.7 Å². The van der Waals surface area contributed by atoms with Crippen LogP contribution < -0.4 is 14.8 Å². The summed E-state index contributed by atoms with van der Waals surface area (Å²) in [4.78, 5) is 28.4. The molecule has 1 fully saturated rings. The fraction of sp³-hybridized carbons (Fsp3) is 0.308. The van der Waals surface area contributed by atoms with Crippen LogP contribution in [0, 0.1) is 13.8 Å². The Balaban J connectivity index is 1.71. The Morgan fingerprint density at radius 3 is 2.15 bits per heavy atom. The summed E-state index contributed by atoms with van der Waals surface area (Å²) < 4.78 is 12.8. The lowest BCUT2D eigenvalue weighted by molar-refractivity contribution is 0.0793. The Kier molecular flexibility index (Phi) is 6.84. The van der Waals surface area contributed by atoms with Gasteiger partial charge in [0.25, 0.3) is 11.8 Å². The Labute approximate surface area is 204 Å². The molecule has 2 amide bonds. The fourth-order valence-corrected chi connectivity index (χ4v) is 4.55. The number of likely N-dealkylation sites (tertiary alicyclic amines) is 1. The third kappa shape index (κ3) is 4.48. The van der Waals surface area contributed by atoms with E-state index in [1.54, 1.807) is 17.0 Å². The summed E-state index contributed by atoms with van der Waals surface area (Å²) in [7, 11) is 3.04. The third-order valence-corrected chi connectivity index (χ3v) is 6.41. The van der Waals surface area contributed by atoms with Crippen LogP contribution >= 0.6 is 11.6 Å². The molecule has 2 heterocycles. The van der Waals surface area contributed by atoms with Gasteiger partial charge in [-0.1, -0.05) is 11.6 Å². The van der Waals surface area contributed by atoms with Gasteiger partial charge in [-0.25, -0.2) is 0 Å². The van der Waals surface area contributed by atoms with Gasteiger partial charge in [-0.05, 0) is 63.1 Å². The van der Waals surface area contributed by atoms with Gasteiger partial charge in [0.05, 0.1) is 31.0 Å². The summed E-state index contributed by atoms with van der Waals surface area (Å²) in [6.45, 7) is 5.23. The predicted molar refractivity (Wildman–Crippen MR) is 133 cm³/mol. The number of benzene rings is 2. The molecular weight excluding hydrogens is 454 g/mol. The number of ether oxygens (including phenoxy) is 2. The van der Waals surface area contributed by atoms with Crippen molar-refractivity contribution in [2.45, 2.75) is 26.7 Å². The first-order chi connectivity index (χ1) is 16.3. The Bertz CT molecular complexity index is 1230. The number of nitrogens with one attached hydrogen (secondary N) is 1. The second-order valence-corrected chi connectivity index (χ2v) is 8.74. The van der Waals surface area contributed by atoms with Gasteiger partial charge in [-0.2, -0.15) is 0 Å². The van der Waals surface area contributed by atoms with E-state index in [0.29, 0.717) is 46.4 Å². The number of aromatic nitrogens is 1. The molecule has 1 aliphatic heterocycles. The van der Waals surface area contributed by atoms with E-state index in [4.69, 9.17) is 21.1 Å². The molecule has 4 rings (SSSR count). The van der Waals surface area contributed by atoms with Crippen molar-refractivity contribution in [3.05, 3.63) is 70.0 Å². The summed E-state index contributed by atoms with van der Waals surface area (Å²) in [6.07, 6.45) is 1.94. The number of halogens is 1. The van der Waals surface area contributed by atoms with Gasteiger partial charge in [0.15, 0.2) is 11.5 Å². The van der Waals surface area contributed by atoms with Gasteiger partial charge in [0, 0.05) is 41.3 Å². The molecule has 1 aliphatic rings. The zero-order valence-electron chi connectivity index (χ0n) is 19.8. The zero-order valence-corrected chi connectivity index (χ0v) is 20.5.